The third-order valence-electron chi connectivity index (χ3n) is 8.16. The number of benzene rings is 1. The Morgan fingerprint density at radius 1 is 1.07 bits per heavy atom. The molecule has 4 heterocycles. The van der Waals surface area contributed by atoms with E-state index in [-0.39, 0.29) is 36.1 Å². The van der Waals surface area contributed by atoms with Gasteiger partial charge in [-0.3, -0.25) is 19.2 Å². The lowest BCUT2D eigenvalue weighted by atomic mass is 9.92. The number of nitrogens with zero attached hydrogens (tertiary/aromatic N) is 5. The number of carbonyl (C=O) groups excluding carboxylic acids is 3. The number of imide groups is 1. The lowest BCUT2D eigenvalue weighted by Gasteiger charge is -2.41. The summed E-state index contributed by atoms with van der Waals surface area (Å²) in [5, 5.41) is 7.73. The van der Waals surface area contributed by atoms with Crippen molar-refractivity contribution in [1.82, 2.24) is 25.1 Å². The monoisotopic (exact) mass is 604 g/mol. The largest absolute Gasteiger partial charge is 0.493 e. The molecule has 1 N–H and O–H groups in total. The fraction of sp³-hybridized carbons (Fsp3) is 0.615. The number of carbonyl (C=O) groups is 3. The Hall–Kier alpha value is -3.40. The Kier molecular flexibility index (Phi) is 8.13. The number of aryl methyl sites for hydroxylation is 1. The second kappa shape index (κ2) is 11.4. The van der Waals surface area contributed by atoms with Gasteiger partial charge in [0.05, 0.1) is 22.8 Å². The number of hydrogen-bond acceptors (Lipinski definition) is 8. The molecule has 3 aliphatic rings. The molecule has 2 amide bonds. The summed E-state index contributed by atoms with van der Waals surface area (Å²) in [6, 6.07) is 3.83. The van der Waals surface area contributed by atoms with Crippen molar-refractivity contribution in [3.8, 4) is 0 Å². The van der Waals surface area contributed by atoms with E-state index in [0.29, 0.717) is 56.5 Å². The number of piperazine rings is 1. The van der Waals surface area contributed by atoms with Gasteiger partial charge in [0.15, 0.2) is 0 Å². The van der Waals surface area contributed by atoms with Crippen LogP contribution in [0.4, 0.5) is 32.0 Å². The van der Waals surface area contributed by atoms with Crippen LogP contribution in [0.25, 0.3) is 10.9 Å². The predicted octanol–water partition coefficient (Wildman–Crippen LogP) is 2.88. The molecule has 1 aromatic heterocycles. The zero-order chi connectivity index (χ0) is 30.4. The summed E-state index contributed by atoms with van der Waals surface area (Å²) in [5.74, 6) is -5.87. The zero-order valence-corrected chi connectivity index (χ0v) is 22.7. The molecule has 0 saturated carbocycles. The van der Waals surface area contributed by atoms with Crippen molar-refractivity contribution in [2.24, 2.45) is 13.0 Å². The molecule has 2 aromatic rings. The minimum absolute atomic E-state index is 0.0234. The van der Waals surface area contributed by atoms with Crippen LogP contribution in [0.1, 0.15) is 37.3 Å². The van der Waals surface area contributed by atoms with Gasteiger partial charge in [0, 0.05) is 58.1 Å². The number of amides is 2. The lowest BCUT2D eigenvalue weighted by molar-refractivity contribution is -0.237. The number of piperidine rings is 2. The fourth-order valence-corrected chi connectivity index (χ4v) is 6.07. The highest BCUT2D eigenvalue weighted by Crippen LogP contribution is 2.38. The summed E-state index contributed by atoms with van der Waals surface area (Å²) in [6.45, 7) is 2.26. The summed E-state index contributed by atoms with van der Waals surface area (Å²) in [6.07, 6.45) is -8.68. The first-order chi connectivity index (χ1) is 19.8. The predicted molar refractivity (Wildman–Crippen MR) is 136 cm³/mol. The van der Waals surface area contributed by atoms with Crippen LogP contribution in [-0.4, -0.2) is 95.2 Å². The van der Waals surface area contributed by atoms with Crippen LogP contribution in [0.5, 0.6) is 0 Å². The van der Waals surface area contributed by atoms with E-state index in [1.54, 1.807) is 23.9 Å². The van der Waals surface area contributed by atoms with Gasteiger partial charge in [-0.15, -0.1) is 5.06 Å². The van der Waals surface area contributed by atoms with Crippen molar-refractivity contribution in [3.05, 3.63) is 23.9 Å². The van der Waals surface area contributed by atoms with E-state index in [4.69, 9.17) is 0 Å². The molecule has 1 unspecified atom stereocenters. The highest BCUT2D eigenvalue weighted by Gasteiger charge is 2.48. The van der Waals surface area contributed by atoms with Gasteiger partial charge in [0.25, 0.3) is 11.8 Å². The van der Waals surface area contributed by atoms with Crippen molar-refractivity contribution in [3.63, 3.8) is 0 Å². The number of halogens is 6. The molecule has 0 aliphatic carbocycles. The first-order valence-electron chi connectivity index (χ1n) is 13.6. The van der Waals surface area contributed by atoms with Crippen LogP contribution in [0.15, 0.2) is 18.2 Å². The van der Waals surface area contributed by atoms with Crippen LogP contribution in [-0.2, 0) is 26.3 Å². The Bertz CT molecular complexity index is 1350. The van der Waals surface area contributed by atoms with Crippen LogP contribution in [0, 0.1) is 5.92 Å². The number of rotatable bonds is 5. The first-order valence-corrected chi connectivity index (χ1v) is 13.6. The van der Waals surface area contributed by atoms with Crippen molar-refractivity contribution in [2.45, 2.75) is 50.0 Å². The molecule has 10 nitrogen and oxygen atoms in total. The molecular formula is C26H30F6N6O4. The highest BCUT2D eigenvalue weighted by atomic mass is 19.4. The number of para-hydroxylation sites is 1. The third kappa shape index (κ3) is 5.91. The average Bonchev–Trinajstić information content (AvgIpc) is 3.27. The standard InChI is InChI=1S/C26H30F6N6O4/c1-35-22-16(21(34-35)17-5-6-20(39)38(23(17)40)42-24(41)26(30,31)32)3-2-4-18(22)36-10-7-15(8-11-36)14-37-12-9-33-13-19(37)25(27,28)29/h2-4,15,17,19,33H,5-14H2,1H3/t17?,19-/m1/s1. The van der Waals surface area contributed by atoms with Gasteiger partial charge in [-0.25, -0.2) is 4.79 Å². The smallest absolute Gasteiger partial charge is 0.370 e. The van der Waals surface area contributed by atoms with E-state index in [9.17, 15) is 40.7 Å². The van der Waals surface area contributed by atoms with Gasteiger partial charge in [-0.1, -0.05) is 12.1 Å². The highest BCUT2D eigenvalue weighted by molar-refractivity contribution is 6.03. The van der Waals surface area contributed by atoms with Gasteiger partial charge >= 0.3 is 18.3 Å². The van der Waals surface area contributed by atoms with Gasteiger partial charge < -0.3 is 15.1 Å². The normalized spacial score (nSPS) is 23.6. The second-order valence-corrected chi connectivity index (χ2v) is 10.9. The number of anilines is 1. The van der Waals surface area contributed by atoms with E-state index in [0.717, 1.165) is 5.69 Å². The average molecular weight is 605 g/mol. The van der Waals surface area contributed by atoms with Crippen molar-refractivity contribution < 1.29 is 45.6 Å². The van der Waals surface area contributed by atoms with Crippen molar-refractivity contribution in [2.75, 3.05) is 44.2 Å². The third-order valence-corrected chi connectivity index (χ3v) is 8.16. The molecule has 0 radical (unpaired) electrons. The Balaban J connectivity index is 1.32. The molecule has 230 valence electrons. The molecule has 42 heavy (non-hydrogen) atoms. The molecular weight excluding hydrogens is 574 g/mol. The number of aromatic nitrogens is 2. The van der Waals surface area contributed by atoms with E-state index >= 15 is 0 Å². The quantitative estimate of drug-likeness (QED) is 0.411. The minimum atomic E-state index is -5.39. The maximum atomic E-state index is 13.5. The number of hydroxylamine groups is 2. The fourth-order valence-electron chi connectivity index (χ4n) is 6.07. The van der Waals surface area contributed by atoms with Crippen LogP contribution < -0.4 is 10.2 Å². The van der Waals surface area contributed by atoms with Gasteiger partial charge in [0.2, 0.25) is 0 Å². The van der Waals surface area contributed by atoms with Crippen LogP contribution >= 0.6 is 0 Å². The molecule has 0 spiro atoms. The summed E-state index contributed by atoms with van der Waals surface area (Å²) < 4.78 is 80.3. The van der Waals surface area contributed by atoms with Gasteiger partial charge in [-0.05, 0) is 31.2 Å². The molecule has 2 atom stereocenters. The molecule has 1 aromatic carbocycles. The van der Waals surface area contributed by atoms with E-state index in [2.05, 4.69) is 20.2 Å². The van der Waals surface area contributed by atoms with E-state index in [1.807, 2.05) is 6.07 Å². The van der Waals surface area contributed by atoms with E-state index in [1.165, 1.54) is 4.90 Å². The van der Waals surface area contributed by atoms with Gasteiger partial charge in [-0.2, -0.15) is 31.4 Å². The minimum Gasteiger partial charge on any atom is -0.370 e. The molecule has 16 heteroatoms. The van der Waals surface area contributed by atoms with Crippen LogP contribution in [0.3, 0.4) is 0 Å². The molecule has 3 fully saturated rings. The Morgan fingerprint density at radius 3 is 2.45 bits per heavy atom. The first kappa shape index (κ1) is 30.1. The molecule has 3 aliphatic heterocycles. The second-order valence-electron chi connectivity index (χ2n) is 10.9. The van der Waals surface area contributed by atoms with Crippen molar-refractivity contribution in [1.29, 1.82) is 0 Å². The van der Waals surface area contributed by atoms with Gasteiger partial charge in [0.1, 0.15) is 6.04 Å². The summed E-state index contributed by atoms with van der Waals surface area (Å²) in [4.78, 5) is 44.3. The number of fused-ring (bicyclic) bond motifs is 1. The van der Waals surface area contributed by atoms with Crippen molar-refractivity contribution >= 4 is 34.4 Å². The van der Waals surface area contributed by atoms with E-state index < -0.39 is 42.1 Å². The molecule has 5 rings (SSSR count). The SMILES string of the molecule is Cn1nc(C2CCC(=O)N(OC(=O)C(F)(F)F)C2=O)c2cccc(N3CCC(CN4CCNC[C@@H]4C(F)(F)F)CC3)c21. The summed E-state index contributed by atoms with van der Waals surface area (Å²) in [7, 11) is 1.66. The number of alkyl halides is 6. The Labute approximate surface area is 236 Å². The summed E-state index contributed by atoms with van der Waals surface area (Å²) >= 11 is 0. The lowest BCUT2D eigenvalue weighted by Crippen LogP contribution is -2.59. The summed E-state index contributed by atoms with van der Waals surface area (Å²) in [5.41, 5.74) is 1.70. The zero-order valence-electron chi connectivity index (χ0n) is 22.7. The number of nitrogens with one attached hydrogen (secondary N) is 1. The topological polar surface area (TPSA) is 100 Å². The molecule has 0 bridgehead atoms. The maximum absolute atomic E-state index is 13.5. The maximum Gasteiger partial charge on any atom is 0.493 e. The number of hydrogen-bond donors (Lipinski definition) is 1. The van der Waals surface area contributed by atoms with Crippen LogP contribution in [0.2, 0.25) is 0 Å². The Morgan fingerprint density at radius 2 is 1.79 bits per heavy atom. The molecule has 3 saturated heterocycles.